The number of halogens is 1. The molecule has 0 aliphatic carbocycles. The lowest BCUT2D eigenvalue weighted by Gasteiger charge is -2.09. The number of benzene rings is 2. The molecule has 3 nitrogen and oxygen atoms in total. The third kappa shape index (κ3) is 3.93. The van der Waals surface area contributed by atoms with Crippen molar-refractivity contribution >= 4 is 22.8 Å². The first-order valence-corrected chi connectivity index (χ1v) is 6.58. The van der Waals surface area contributed by atoms with Gasteiger partial charge in [-0.1, -0.05) is 36.4 Å². The van der Waals surface area contributed by atoms with Crippen molar-refractivity contribution in [1.82, 2.24) is 0 Å². The molecule has 102 valence electrons. The van der Waals surface area contributed by atoms with Gasteiger partial charge >= 0.3 is 5.97 Å². The molecule has 0 spiro atoms. The van der Waals surface area contributed by atoms with Crippen molar-refractivity contribution in [2.45, 2.75) is 12.8 Å². The maximum atomic E-state index is 12.0. The highest BCUT2D eigenvalue weighted by atomic mass is 35.5. The highest BCUT2D eigenvalue weighted by molar-refractivity contribution is 6.63. The molecule has 20 heavy (non-hydrogen) atoms. The fraction of sp³-hybridized carbons (Fsp3) is 0.125. The van der Waals surface area contributed by atoms with Crippen LogP contribution >= 0.6 is 11.6 Å². The van der Waals surface area contributed by atoms with Gasteiger partial charge in [0.05, 0.1) is 5.56 Å². The van der Waals surface area contributed by atoms with Gasteiger partial charge in [-0.05, 0) is 41.8 Å². The van der Waals surface area contributed by atoms with E-state index in [-0.39, 0.29) is 6.42 Å². The Morgan fingerprint density at radius 3 is 2.30 bits per heavy atom. The summed E-state index contributed by atoms with van der Waals surface area (Å²) in [6.45, 7) is 0. The van der Waals surface area contributed by atoms with Gasteiger partial charge in [0, 0.05) is 6.42 Å². The van der Waals surface area contributed by atoms with Gasteiger partial charge in [-0.25, -0.2) is 4.79 Å². The van der Waals surface area contributed by atoms with Gasteiger partial charge in [0.25, 0.3) is 0 Å². The van der Waals surface area contributed by atoms with Crippen molar-refractivity contribution in [3.63, 3.8) is 0 Å². The third-order valence-corrected chi connectivity index (χ3v) is 2.96. The number of aryl methyl sites for hydroxylation is 1. The van der Waals surface area contributed by atoms with Crippen LogP contribution in [-0.2, 0) is 11.2 Å². The summed E-state index contributed by atoms with van der Waals surface area (Å²) in [6.07, 6.45) is 0.655. The van der Waals surface area contributed by atoms with Crippen LogP contribution in [0.3, 0.4) is 0 Å². The Morgan fingerprint density at radius 1 is 0.950 bits per heavy atom. The topological polar surface area (TPSA) is 43.4 Å². The van der Waals surface area contributed by atoms with E-state index < -0.39 is 11.2 Å². The fourth-order valence-electron chi connectivity index (χ4n) is 1.78. The van der Waals surface area contributed by atoms with Gasteiger partial charge in [-0.15, -0.1) is 0 Å². The Hall–Kier alpha value is -2.13. The molecule has 2 aromatic rings. The molecular weight excluding hydrogens is 276 g/mol. The first kappa shape index (κ1) is 14.3. The number of carbonyl (C=O) groups excluding carboxylic acids is 2. The highest BCUT2D eigenvalue weighted by Crippen LogP contribution is 2.21. The van der Waals surface area contributed by atoms with Crippen LogP contribution in [0.4, 0.5) is 0 Å². The van der Waals surface area contributed by atoms with Crippen molar-refractivity contribution in [3.05, 3.63) is 65.7 Å². The molecule has 0 aliphatic heterocycles. The van der Waals surface area contributed by atoms with Crippen molar-refractivity contribution in [1.29, 1.82) is 0 Å². The van der Waals surface area contributed by atoms with E-state index in [2.05, 4.69) is 0 Å². The monoisotopic (exact) mass is 288 g/mol. The summed E-state index contributed by atoms with van der Waals surface area (Å²) < 4.78 is 5.37. The first-order chi connectivity index (χ1) is 9.66. The molecular formula is C16H13ClO3. The summed E-state index contributed by atoms with van der Waals surface area (Å²) in [5.41, 5.74) is 1.27. The maximum absolute atomic E-state index is 12.0. The number of rotatable bonds is 5. The zero-order valence-electron chi connectivity index (χ0n) is 10.7. The smallest absolute Gasteiger partial charge is 0.343 e. The number of hydrogen-bond donors (Lipinski definition) is 0. The molecule has 2 aromatic carbocycles. The molecule has 0 heterocycles. The van der Waals surface area contributed by atoms with E-state index in [4.69, 9.17) is 16.3 Å². The molecule has 0 radical (unpaired) electrons. The number of esters is 1. The van der Waals surface area contributed by atoms with Crippen LogP contribution in [0.5, 0.6) is 5.75 Å². The lowest BCUT2D eigenvalue weighted by molar-refractivity contribution is -0.111. The number of carbonyl (C=O) groups is 2. The maximum Gasteiger partial charge on any atom is 0.343 e. The molecule has 0 fully saturated rings. The highest BCUT2D eigenvalue weighted by Gasteiger charge is 2.11. The van der Waals surface area contributed by atoms with E-state index in [1.165, 1.54) is 0 Å². The summed E-state index contributed by atoms with van der Waals surface area (Å²) in [6, 6.07) is 15.9. The summed E-state index contributed by atoms with van der Waals surface area (Å²) >= 11 is 5.33. The van der Waals surface area contributed by atoms with Gasteiger partial charge in [-0.3, -0.25) is 4.79 Å². The van der Waals surface area contributed by atoms with E-state index in [1.807, 2.05) is 18.2 Å². The molecule has 2 rings (SSSR count). The minimum absolute atomic E-state index is 0.210. The van der Waals surface area contributed by atoms with Gasteiger partial charge < -0.3 is 4.74 Å². The minimum Gasteiger partial charge on any atom is -0.423 e. The van der Waals surface area contributed by atoms with Gasteiger partial charge in [0.2, 0.25) is 5.24 Å². The molecule has 0 bridgehead atoms. The second-order valence-electron chi connectivity index (χ2n) is 4.22. The van der Waals surface area contributed by atoms with E-state index in [9.17, 15) is 9.59 Å². The number of para-hydroxylation sites is 1. The zero-order valence-corrected chi connectivity index (χ0v) is 11.5. The predicted molar refractivity (Wildman–Crippen MR) is 77.0 cm³/mol. The first-order valence-electron chi connectivity index (χ1n) is 6.20. The van der Waals surface area contributed by atoms with E-state index in [1.54, 1.807) is 36.4 Å². The van der Waals surface area contributed by atoms with E-state index in [0.29, 0.717) is 17.7 Å². The van der Waals surface area contributed by atoms with Crippen LogP contribution in [0, 0.1) is 0 Å². The standard InChI is InChI=1S/C16H13ClO3/c17-15(18)11-10-12-6-4-5-9-14(12)20-16(19)13-7-2-1-3-8-13/h1-9H,10-11H2. The van der Waals surface area contributed by atoms with Crippen LogP contribution in [0.15, 0.2) is 54.6 Å². The van der Waals surface area contributed by atoms with Crippen LogP contribution in [-0.4, -0.2) is 11.2 Å². The average molecular weight is 289 g/mol. The Bertz CT molecular complexity index is 608. The van der Waals surface area contributed by atoms with Crippen molar-refractivity contribution in [2.24, 2.45) is 0 Å². The average Bonchev–Trinajstić information content (AvgIpc) is 2.47. The molecule has 0 aliphatic rings. The van der Waals surface area contributed by atoms with Crippen LogP contribution in [0.2, 0.25) is 0 Å². The number of hydrogen-bond acceptors (Lipinski definition) is 3. The SMILES string of the molecule is O=C(Cl)CCc1ccccc1OC(=O)c1ccccc1. The lowest BCUT2D eigenvalue weighted by Crippen LogP contribution is -2.09. The Morgan fingerprint density at radius 2 is 1.60 bits per heavy atom. The lowest BCUT2D eigenvalue weighted by atomic mass is 10.1. The molecule has 0 unspecified atom stereocenters. The summed E-state index contributed by atoms with van der Waals surface area (Å²) in [5.74, 6) is 0.0366. The Labute approximate surface area is 122 Å². The van der Waals surface area contributed by atoms with Crippen molar-refractivity contribution < 1.29 is 14.3 Å². The fourth-order valence-corrected chi connectivity index (χ4v) is 1.87. The van der Waals surface area contributed by atoms with Gasteiger partial charge in [0.1, 0.15) is 5.75 Å². The predicted octanol–water partition coefficient (Wildman–Crippen LogP) is 3.60. The van der Waals surface area contributed by atoms with Crippen LogP contribution < -0.4 is 4.74 Å². The summed E-state index contributed by atoms with van der Waals surface area (Å²) in [4.78, 5) is 22.8. The molecule has 0 aromatic heterocycles. The Balaban J connectivity index is 2.13. The second-order valence-corrected chi connectivity index (χ2v) is 4.64. The molecule has 0 saturated heterocycles. The number of ether oxygens (including phenoxy) is 1. The van der Waals surface area contributed by atoms with Gasteiger partial charge in [-0.2, -0.15) is 0 Å². The Kier molecular flexibility index (Phi) is 4.91. The van der Waals surface area contributed by atoms with Crippen molar-refractivity contribution in [3.8, 4) is 5.75 Å². The molecule has 0 atom stereocenters. The molecule has 0 saturated carbocycles. The zero-order chi connectivity index (χ0) is 14.4. The van der Waals surface area contributed by atoms with E-state index >= 15 is 0 Å². The van der Waals surface area contributed by atoms with Gasteiger partial charge in [0.15, 0.2) is 0 Å². The van der Waals surface area contributed by atoms with Crippen LogP contribution in [0.1, 0.15) is 22.3 Å². The molecule has 4 heteroatoms. The van der Waals surface area contributed by atoms with Crippen molar-refractivity contribution in [2.75, 3.05) is 0 Å². The largest absolute Gasteiger partial charge is 0.423 e. The summed E-state index contributed by atoms with van der Waals surface area (Å²) in [5, 5.41) is -0.408. The quantitative estimate of drug-likeness (QED) is 0.479. The second kappa shape index (κ2) is 6.87. The minimum atomic E-state index is -0.421. The molecule has 0 N–H and O–H groups in total. The van der Waals surface area contributed by atoms with E-state index in [0.717, 1.165) is 5.56 Å². The third-order valence-electron chi connectivity index (χ3n) is 2.78. The normalized spacial score (nSPS) is 10.1. The summed E-state index contributed by atoms with van der Waals surface area (Å²) in [7, 11) is 0. The molecule has 0 amide bonds. The van der Waals surface area contributed by atoms with Crippen LogP contribution in [0.25, 0.3) is 0 Å².